The van der Waals surface area contributed by atoms with Crippen molar-refractivity contribution >= 4 is 5.97 Å². The molecule has 1 aromatic heterocycles. The molecule has 0 aliphatic carbocycles. The summed E-state index contributed by atoms with van der Waals surface area (Å²) in [5.74, 6) is 0.649. The van der Waals surface area contributed by atoms with E-state index in [-0.39, 0.29) is 11.9 Å². The van der Waals surface area contributed by atoms with Crippen molar-refractivity contribution in [3.05, 3.63) is 23.7 Å². The molecular weight excluding hydrogens is 206 g/mol. The molecule has 0 spiro atoms. The number of hydrogen-bond donors (Lipinski definition) is 0. The molecule has 0 bridgehead atoms. The fraction of sp³-hybridized carbons (Fsp3) is 0.583. The summed E-state index contributed by atoms with van der Waals surface area (Å²) >= 11 is 0. The minimum absolute atomic E-state index is 0.109. The highest BCUT2D eigenvalue weighted by Crippen LogP contribution is 2.12. The molecule has 1 aromatic rings. The van der Waals surface area contributed by atoms with Gasteiger partial charge in [0.05, 0.1) is 19.3 Å². The van der Waals surface area contributed by atoms with Crippen LogP contribution in [-0.4, -0.2) is 31.6 Å². The van der Waals surface area contributed by atoms with Gasteiger partial charge >= 0.3 is 5.97 Å². The molecule has 0 saturated heterocycles. The second-order valence-corrected chi connectivity index (χ2v) is 4.12. The molecule has 1 unspecified atom stereocenters. The Hall–Kier alpha value is -1.29. The van der Waals surface area contributed by atoms with Crippen molar-refractivity contribution < 1.29 is 13.9 Å². The van der Waals surface area contributed by atoms with Crippen molar-refractivity contribution in [2.75, 3.05) is 20.7 Å². The van der Waals surface area contributed by atoms with E-state index in [1.54, 1.807) is 6.26 Å². The molecule has 0 aromatic carbocycles. The maximum absolute atomic E-state index is 11.2. The third kappa shape index (κ3) is 3.38. The second-order valence-electron chi connectivity index (χ2n) is 4.12. The molecule has 0 fully saturated rings. The second kappa shape index (κ2) is 5.70. The molecule has 0 saturated carbocycles. The van der Waals surface area contributed by atoms with Gasteiger partial charge in [0.1, 0.15) is 5.76 Å². The van der Waals surface area contributed by atoms with Gasteiger partial charge in [0.2, 0.25) is 0 Å². The standard InChI is InChI=1S/C12H19NO3/c1-9(12(14)15-4)7-13(3)8-11-5-6-16-10(11)2/h5-6,9H,7-8H2,1-4H3. The first-order valence-corrected chi connectivity index (χ1v) is 5.34. The van der Waals surface area contributed by atoms with Gasteiger partial charge in [-0.15, -0.1) is 0 Å². The summed E-state index contributed by atoms with van der Waals surface area (Å²) in [5, 5.41) is 0. The Morgan fingerprint density at radius 1 is 1.62 bits per heavy atom. The molecule has 1 atom stereocenters. The van der Waals surface area contributed by atoms with Gasteiger partial charge in [0, 0.05) is 18.7 Å². The fourth-order valence-electron chi connectivity index (χ4n) is 1.67. The van der Waals surface area contributed by atoms with E-state index in [0.29, 0.717) is 6.54 Å². The van der Waals surface area contributed by atoms with Gasteiger partial charge in [-0.2, -0.15) is 0 Å². The molecule has 16 heavy (non-hydrogen) atoms. The minimum Gasteiger partial charge on any atom is -0.469 e. The number of carbonyl (C=O) groups excluding carboxylic acids is 1. The zero-order valence-corrected chi connectivity index (χ0v) is 10.3. The van der Waals surface area contributed by atoms with Crippen molar-refractivity contribution in [3.8, 4) is 0 Å². The molecule has 1 rings (SSSR count). The number of furan rings is 1. The summed E-state index contributed by atoms with van der Waals surface area (Å²) in [6, 6.07) is 1.95. The molecular formula is C12H19NO3. The molecule has 1 heterocycles. The number of carbonyl (C=O) groups is 1. The van der Waals surface area contributed by atoms with Crippen LogP contribution < -0.4 is 0 Å². The van der Waals surface area contributed by atoms with E-state index < -0.39 is 0 Å². The summed E-state index contributed by atoms with van der Waals surface area (Å²) in [6.07, 6.45) is 1.68. The molecule has 0 aliphatic rings. The maximum atomic E-state index is 11.2. The van der Waals surface area contributed by atoms with E-state index in [1.807, 2.05) is 27.0 Å². The van der Waals surface area contributed by atoms with Crippen LogP contribution in [0.2, 0.25) is 0 Å². The lowest BCUT2D eigenvalue weighted by atomic mass is 10.1. The van der Waals surface area contributed by atoms with E-state index in [1.165, 1.54) is 7.11 Å². The fourth-order valence-corrected chi connectivity index (χ4v) is 1.67. The van der Waals surface area contributed by atoms with Crippen LogP contribution in [0, 0.1) is 12.8 Å². The van der Waals surface area contributed by atoms with E-state index >= 15 is 0 Å². The number of hydrogen-bond acceptors (Lipinski definition) is 4. The number of rotatable bonds is 5. The molecule has 0 amide bonds. The highest BCUT2D eigenvalue weighted by atomic mass is 16.5. The van der Waals surface area contributed by atoms with Crippen molar-refractivity contribution in [3.63, 3.8) is 0 Å². The van der Waals surface area contributed by atoms with Crippen LogP contribution in [0.25, 0.3) is 0 Å². The molecule has 4 nitrogen and oxygen atoms in total. The molecule has 0 N–H and O–H groups in total. The van der Waals surface area contributed by atoms with Crippen LogP contribution in [-0.2, 0) is 16.1 Å². The SMILES string of the molecule is COC(=O)C(C)CN(C)Cc1ccoc1C. The molecule has 0 radical (unpaired) electrons. The van der Waals surface area contributed by atoms with Crippen LogP contribution in [0.1, 0.15) is 18.2 Å². The zero-order chi connectivity index (χ0) is 12.1. The largest absolute Gasteiger partial charge is 0.469 e. The van der Waals surface area contributed by atoms with Crippen LogP contribution in [0.4, 0.5) is 0 Å². The van der Waals surface area contributed by atoms with Crippen molar-refractivity contribution in [1.29, 1.82) is 0 Å². The van der Waals surface area contributed by atoms with Crippen molar-refractivity contribution in [2.24, 2.45) is 5.92 Å². The van der Waals surface area contributed by atoms with E-state index in [4.69, 9.17) is 4.42 Å². The Labute approximate surface area is 96.2 Å². The van der Waals surface area contributed by atoms with Crippen molar-refractivity contribution in [2.45, 2.75) is 20.4 Å². The number of nitrogens with zero attached hydrogens (tertiary/aromatic N) is 1. The summed E-state index contributed by atoms with van der Waals surface area (Å²) in [5.41, 5.74) is 1.15. The number of methoxy groups -OCH3 is 1. The Bertz CT molecular complexity index is 346. The van der Waals surface area contributed by atoms with Crippen LogP contribution >= 0.6 is 0 Å². The first-order chi connectivity index (χ1) is 7.54. The van der Waals surface area contributed by atoms with Gasteiger partial charge in [-0.1, -0.05) is 6.92 Å². The average molecular weight is 225 g/mol. The first-order valence-electron chi connectivity index (χ1n) is 5.34. The lowest BCUT2D eigenvalue weighted by Gasteiger charge is -2.19. The van der Waals surface area contributed by atoms with Gasteiger partial charge in [0.25, 0.3) is 0 Å². The Balaban J connectivity index is 2.45. The smallest absolute Gasteiger partial charge is 0.309 e. The molecule has 90 valence electrons. The first kappa shape index (κ1) is 12.8. The lowest BCUT2D eigenvalue weighted by Crippen LogP contribution is -2.29. The van der Waals surface area contributed by atoms with Crippen LogP contribution in [0.5, 0.6) is 0 Å². The number of esters is 1. The third-order valence-electron chi connectivity index (χ3n) is 2.60. The monoisotopic (exact) mass is 225 g/mol. The van der Waals surface area contributed by atoms with E-state index in [9.17, 15) is 4.79 Å². The van der Waals surface area contributed by atoms with Gasteiger partial charge in [-0.05, 0) is 20.0 Å². The van der Waals surface area contributed by atoms with E-state index in [2.05, 4.69) is 9.64 Å². The van der Waals surface area contributed by atoms with Gasteiger partial charge in [0.15, 0.2) is 0 Å². The summed E-state index contributed by atoms with van der Waals surface area (Å²) in [4.78, 5) is 13.3. The van der Waals surface area contributed by atoms with Gasteiger partial charge in [-0.25, -0.2) is 0 Å². The zero-order valence-electron chi connectivity index (χ0n) is 10.3. The minimum atomic E-state index is -0.171. The summed E-state index contributed by atoms with van der Waals surface area (Å²) in [6.45, 7) is 5.26. The van der Waals surface area contributed by atoms with Gasteiger partial charge in [-0.3, -0.25) is 4.79 Å². The molecule has 0 aliphatic heterocycles. The lowest BCUT2D eigenvalue weighted by molar-refractivity contribution is -0.145. The van der Waals surface area contributed by atoms with Crippen molar-refractivity contribution in [1.82, 2.24) is 4.90 Å². The third-order valence-corrected chi connectivity index (χ3v) is 2.60. The summed E-state index contributed by atoms with van der Waals surface area (Å²) < 4.78 is 9.91. The predicted octanol–water partition coefficient (Wildman–Crippen LogP) is 1.83. The number of aryl methyl sites for hydroxylation is 1. The molecule has 4 heteroatoms. The summed E-state index contributed by atoms with van der Waals surface area (Å²) in [7, 11) is 3.39. The quantitative estimate of drug-likeness (QED) is 0.717. The highest BCUT2D eigenvalue weighted by Gasteiger charge is 2.16. The van der Waals surface area contributed by atoms with Crippen LogP contribution in [0.15, 0.2) is 16.7 Å². The topological polar surface area (TPSA) is 42.7 Å². The van der Waals surface area contributed by atoms with Crippen LogP contribution in [0.3, 0.4) is 0 Å². The Morgan fingerprint density at radius 2 is 2.31 bits per heavy atom. The predicted molar refractivity (Wildman–Crippen MR) is 61.0 cm³/mol. The highest BCUT2D eigenvalue weighted by molar-refractivity contribution is 5.72. The maximum Gasteiger partial charge on any atom is 0.309 e. The Morgan fingerprint density at radius 3 is 2.81 bits per heavy atom. The normalized spacial score (nSPS) is 12.8. The number of ether oxygens (including phenoxy) is 1. The average Bonchev–Trinajstić information content (AvgIpc) is 2.63. The Kier molecular flexibility index (Phi) is 4.55. The van der Waals surface area contributed by atoms with Gasteiger partial charge < -0.3 is 14.1 Å². The van der Waals surface area contributed by atoms with E-state index in [0.717, 1.165) is 17.9 Å².